The van der Waals surface area contributed by atoms with Crippen LogP contribution < -0.4 is 5.73 Å². The summed E-state index contributed by atoms with van der Waals surface area (Å²) in [5, 5.41) is 11.6. The van der Waals surface area contributed by atoms with E-state index in [2.05, 4.69) is 12.1 Å². The summed E-state index contributed by atoms with van der Waals surface area (Å²) < 4.78 is 0. The van der Waals surface area contributed by atoms with E-state index in [0.717, 1.165) is 31.6 Å². The number of rotatable bonds is 7. The van der Waals surface area contributed by atoms with Crippen molar-refractivity contribution in [3.63, 3.8) is 0 Å². The van der Waals surface area contributed by atoms with Crippen LogP contribution in [-0.2, 0) is 4.79 Å². The molecule has 3 N–H and O–H groups in total. The molecule has 116 valence electrons. The molecule has 1 aliphatic rings. The first kappa shape index (κ1) is 16.8. The zero-order valence-electron chi connectivity index (χ0n) is 12.8. The molecule has 0 saturated heterocycles. The number of amidine groups is 1. The molecule has 0 unspecified atom stereocenters. The number of amides is 1. The Morgan fingerprint density at radius 3 is 2.45 bits per heavy atom. The van der Waals surface area contributed by atoms with Crippen LogP contribution in [0.25, 0.3) is 0 Å². The fourth-order valence-electron chi connectivity index (χ4n) is 3.02. The molecular formula is C15H29N3O2. The largest absolute Gasteiger partial charge is 0.409 e. The van der Waals surface area contributed by atoms with E-state index < -0.39 is 0 Å². The van der Waals surface area contributed by atoms with Crippen molar-refractivity contribution in [3.05, 3.63) is 0 Å². The van der Waals surface area contributed by atoms with E-state index in [1.807, 2.05) is 6.92 Å². The second-order valence-corrected chi connectivity index (χ2v) is 5.80. The normalized spacial score (nSPS) is 23.6. The molecule has 0 spiro atoms. The summed E-state index contributed by atoms with van der Waals surface area (Å²) in [5.41, 5.74) is 5.50. The number of hydrogen-bond donors (Lipinski definition) is 2. The van der Waals surface area contributed by atoms with Gasteiger partial charge in [-0.15, -0.1) is 0 Å². The number of nitrogens with zero attached hydrogens (tertiary/aromatic N) is 2. The summed E-state index contributed by atoms with van der Waals surface area (Å²) in [6.45, 7) is 4.98. The quantitative estimate of drug-likeness (QED) is 0.326. The van der Waals surface area contributed by atoms with Gasteiger partial charge in [0.2, 0.25) is 5.91 Å². The molecule has 1 amide bonds. The van der Waals surface area contributed by atoms with Gasteiger partial charge >= 0.3 is 0 Å². The zero-order valence-corrected chi connectivity index (χ0v) is 12.8. The van der Waals surface area contributed by atoms with Gasteiger partial charge in [0, 0.05) is 12.5 Å². The highest BCUT2D eigenvalue weighted by molar-refractivity contribution is 5.87. The molecule has 0 atom stereocenters. The molecule has 1 saturated carbocycles. The third-order valence-corrected chi connectivity index (χ3v) is 4.34. The van der Waals surface area contributed by atoms with Crippen molar-refractivity contribution < 1.29 is 10.0 Å². The van der Waals surface area contributed by atoms with E-state index in [0.29, 0.717) is 6.54 Å². The molecule has 1 aliphatic carbocycles. The van der Waals surface area contributed by atoms with Gasteiger partial charge in [0.15, 0.2) is 5.84 Å². The highest BCUT2D eigenvalue weighted by Gasteiger charge is 2.28. The van der Waals surface area contributed by atoms with Crippen LogP contribution in [0.15, 0.2) is 5.16 Å². The lowest BCUT2D eigenvalue weighted by Gasteiger charge is -2.31. The number of nitrogens with two attached hydrogens (primary N) is 1. The van der Waals surface area contributed by atoms with Crippen molar-refractivity contribution in [1.82, 2.24) is 4.90 Å². The van der Waals surface area contributed by atoms with Gasteiger partial charge in [0.05, 0.1) is 6.54 Å². The Morgan fingerprint density at radius 2 is 1.95 bits per heavy atom. The predicted molar refractivity (Wildman–Crippen MR) is 80.6 cm³/mol. The number of carbonyl (C=O) groups excluding carboxylic acids is 1. The Labute approximate surface area is 122 Å². The van der Waals surface area contributed by atoms with Crippen LogP contribution in [0.4, 0.5) is 0 Å². The van der Waals surface area contributed by atoms with Crippen LogP contribution in [0.2, 0.25) is 0 Å². The third kappa shape index (κ3) is 5.02. The van der Waals surface area contributed by atoms with Crippen molar-refractivity contribution in [2.24, 2.45) is 22.7 Å². The lowest BCUT2D eigenvalue weighted by molar-refractivity contribution is -0.135. The minimum atomic E-state index is 0.0943. The van der Waals surface area contributed by atoms with Gasteiger partial charge in [-0.25, -0.2) is 0 Å². The summed E-state index contributed by atoms with van der Waals surface area (Å²) in [6.07, 6.45) is 8.16. The van der Waals surface area contributed by atoms with Crippen molar-refractivity contribution in [2.75, 3.05) is 13.1 Å². The molecule has 0 aliphatic heterocycles. The number of carbonyl (C=O) groups is 1. The smallest absolute Gasteiger partial charge is 0.226 e. The van der Waals surface area contributed by atoms with Crippen molar-refractivity contribution in [2.45, 2.75) is 58.8 Å². The second-order valence-electron chi connectivity index (χ2n) is 5.80. The highest BCUT2D eigenvalue weighted by atomic mass is 16.4. The van der Waals surface area contributed by atoms with E-state index in [1.54, 1.807) is 4.90 Å². The number of hydrogen-bond acceptors (Lipinski definition) is 3. The molecule has 0 bridgehead atoms. The Morgan fingerprint density at radius 1 is 1.30 bits per heavy atom. The summed E-state index contributed by atoms with van der Waals surface area (Å²) in [5.74, 6) is 1.18. The second kappa shape index (κ2) is 8.82. The fraction of sp³-hybridized carbons (Fsp3) is 0.867. The van der Waals surface area contributed by atoms with Gasteiger partial charge in [-0.1, -0.05) is 31.3 Å². The number of oxime groups is 1. The molecule has 5 heteroatoms. The predicted octanol–water partition coefficient (Wildman–Crippen LogP) is 2.58. The van der Waals surface area contributed by atoms with Gasteiger partial charge in [0.25, 0.3) is 0 Å². The number of likely N-dealkylation sites (N-methyl/N-ethyl adjacent to an activating group) is 1. The zero-order chi connectivity index (χ0) is 15.0. The van der Waals surface area contributed by atoms with Crippen LogP contribution >= 0.6 is 0 Å². The monoisotopic (exact) mass is 283 g/mol. The van der Waals surface area contributed by atoms with E-state index in [-0.39, 0.29) is 24.2 Å². The van der Waals surface area contributed by atoms with Crippen LogP contribution in [0.1, 0.15) is 58.8 Å². The first-order valence-corrected chi connectivity index (χ1v) is 7.87. The standard InChI is InChI=1S/C15H29N3O2/c1-3-5-6-12-7-9-13(10-8-12)15(19)18(4-2)11-14(16)17-20/h12-13,20H,3-11H2,1-2H3,(H2,16,17). The molecule has 0 radical (unpaired) electrons. The molecule has 0 heterocycles. The molecule has 20 heavy (non-hydrogen) atoms. The lowest BCUT2D eigenvalue weighted by atomic mass is 9.79. The maximum Gasteiger partial charge on any atom is 0.226 e. The maximum absolute atomic E-state index is 12.4. The van der Waals surface area contributed by atoms with E-state index in [9.17, 15) is 4.79 Å². The van der Waals surface area contributed by atoms with Gasteiger partial charge in [-0.3, -0.25) is 4.79 Å². The fourth-order valence-corrected chi connectivity index (χ4v) is 3.02. The molecule has 0 aromatic heterocycles. The van der Waals surface area contributed by atoms with E-state index in [4.69, 9.17) is 10.9 Å². The van der Waals surface area contributed by atoms with E-state index in [1.165, 1.54) is 19.3 Å². The van der Waals surface area contributed by atoms with Gasteiger partial charge in [-0.2, -0.15) is 0 Å². The highest BCUT2D eigenvalue weighted by Crippen LogP contribution is 2.32. The Kier molecular flexibility index (Phi) is 7.41. The molecule has 5 nitrogen and oxygen atoms in total. The molecular weight excluding hydrogens is 254 g/mol. The molecule has 1 rings (SSSR count). The van der Waals surface area contributed by atoms with Gasteiger partial charge in [-0.05, 0) is 38.5 Å². The number of unbranched alkanes of at least 4 members (excludes halogenated alkanes) is 1. The van der Waals surface area contributed by atoms with E-state index >= 15 is 0 Å². The molecule has 0 aromatic carbocycles. The molecule has 0 aromatic rings. The minimum absolute atomic E-state index is 0.0943. The molecule has 1 fully saturated rings. The minimum Gasteiger partial charge on any atom is -0.409 e. The van der Waals surface area contributed by atoms with Crippen LogP contribution in [0.5, 0.6) is 0 Å². The average Bonchev–Trinajstić information content (AvgIpc) is 2.50. The van der Waals surface area contributed by atoms with Crippen molar-refractivity contribution in [3.8, 4) is 0 Å². The summed E-state index contributed by atoms with van der Waals surface area (Å²) in [7, 11) is 0. The first-order valence-electron chi connectivity index (χ1n) is 7.87. The van der Waals surface area contributed by atoms with Crippen LogP contribution in [0.3, 0.4) is 0 Å². The first-order chi connectivity index (χ1) is 9.62. The summed E-state index contributed by atoms with van der Waals surface area (Å²) in [4.78, 5) is 14.1. The Hall–Kier alpha value is -1.26. The Bertz CT molecular complexity index is 323. The lowest BCUT2D eigenvalue weighted by Crippen LogP contribution is -2.42. The van der Waals surface area contributed by atoms with Crippen molar-refractivity contribution in [1.29, 1.82) is 0 Å². The van der Waals surface area contributed by atoms with Crippen LogP contribution in [-0.4, -0.2) is 34.9 Å². The SMILES string of the molecule is CCCCC1CCC(C(=O)N(CC)CC(N)=NO)CC1. The third-order valence-electron chi connectivity index (χ3n) is 4.34. The maximum atomic E-state index is 12.4. The van der Waals surface area contributed by atoms with Gasteiger partial charge < -0.3 is 15.8 Å². The summed E-state index contributed by atoms with van der Waals surface area (Å²) >= 11 is 0. The summed E-state index contributed by atoms with van der Waals surface area (Å²) in [6, 6.07) is 0. The van der Waals surface area contributed by atoms with Crippen molar-refractivity contribution >= 4 is 11.7 Å². The average molecular weight is 283 g/mol. The topological polar surface area (TPSA) is 78.9 Å². The van der Waals surface area contributed by atoms with Crippen LogP contribution in [0, 0.1) is 11.8 Å². The van der Waals surface area contributed by atoms with Gasteiger partial charge in [0.1, 0.15) is 0 Å². The Balaban J connectivity index is 2.44.